The monoisotopic (exact) mass is 255 g/mol. The van der Waals surface area contributed by atoms with Gasteiger partial charge >= 0.3 is 5.97 Å². The average molecular weight is 255 g/mol. The van der Waals surface area contributed by atoms with E-state index in [0.717, 1.165) is 13.1 Å². The molecule has 3 nitrogen and oxygen atoms in total. The van der Waals surface area contributed by atoms with Crippen LogP contribution in [0, 0.1) is 23.7 Å². The van der Waals surface area contributed by atoms with Gasteiger partial charge in [-0.1, -0.05) is 34.6 Å². The minimum atomic E-state index is -0.649. The second-order valence-electron chi connectivity index (χ2n) is 6.75. The van der Waals surface area contributed by atoms with Crippen molar-refractivity contribution in [1.29, 1.82) is 0 Å². The second-order valence-corrected chi connectivity index (χ2v) is 6.75. The molecule has 0 aromatic heterocycles. The Morgan fingerprint density at radius 2 is 1.56 bits per heavy atom. The number of carbonyl (C=O) groups is 1. The third kappa shape index (κ3) is 4.27. The maximum absolute atomic E-state index is 10.9. The van der Waals surface area contributed by atoms with Gasteiger partial charge in [0.15, 0.2) is 0 Å². The molecule has 1 fully saturated rings. The fourth-order valence-electron chi connectivity index (χ4n) is 2.85. The maximum Gasteiger partial charge on any atom is 0.306 e. The molecule has 0 radical (unpaired) electrons. The SMILES string of the molecule is CC(C)CC(CC(C)C)N1CC(C(C)C(=O)O)C1. The number of carboxylic acids is 1. The fourth-order valence-corrected chi connectivity index (χ4v) is 2.85. The zero-order valence-electron chi connectivity index (χ0n) is 12.5. The lowest BCUT2D eigenvalue weighted by atomic mass is 9.83. The van der Waals surface area contributed by atoms with Crippen molar-refractivity contribution in [3.8, 4) is 0 Å². The Bertz CT molecular complexity index is 260. The molecule has 0 aromatic carbocycles. The van der Waals surface area contributed by atoms with Crippen LogP contribution in [0.1, 0.15) is 47.5 Å². The standard InChI is InChI=1S/C15H29NO2/c1-10(2)6-14(7-11(3)4)16-8-13(9-16)12(5)15(17)18/h10-14H,6-9H2,1-5H3,(H,17,18). The van der Waals surface area contributed by atoms with Crippen molar-refractivity contribution in [2.24, 2.45) is 23.7 Å². The van der Waals surface area contributed by atoms with Crippen LogP contribution in [0.5, 0.6) is 0 Å². The topological polar surface area (TPSA) is 40.5 Å². The minimum Gasteiger partial charge on any atom is -0.481 e. The number of nitrogens with zero attached hydrogens (tertiary/aromatic N) is 1. The molecule has 0 bridgehead atoms. The predicted octanol–water partition coefficient (Wildman–Crippen LogP) is 3.10. The smallest absolute Gasteiger partial charge is 0.306 e. The normalized spacial score (nSPS) is 19.6. The van der Waals surface area contributed by atoms with Crippen LogP contribution in [0.2, 0.25) is 0 Å². The van der Waals surface area contributed by atoms with Crippen molar-refractivity contribution in [2.45, 2.75) is 53.5 Å². The van der Waals surface area contributed by atoms with Gasteiger partial charge in [-0.3, -0.25) is 9.69 Å². The summed E-state index contributed by atoms with van der Waals surface area (Å²) in [6.45, 7) is 12.9. The number of hydrogen-bond donors (Lipinski definition) is 1. The predicted molar refractivity (Wildman–Crippen MR) is 74.6 cm³/mol. The van der Waals surface area contributed by atoms with E-state index < -0.39 is 5.97 Å². The molecule has 1 rings (SSSR count). The van der Waals surface area contributed by atoms with Crippen LogP contribution in [0.15, 0.2) is 0 Å². The Morgan fingerprint density at radius 3 is 1.89 bits per heavy atom. The van der Waals surface area contributed by atoms with Gasteiger partial charge in [-0.2, -0.15) is 0 Å². The molecule has 106 valence electrons. The number of rotatable bonds is 7. The van der Waals surface area contributed by atoms with Crippen LogP contribution in [-0.4, -0.2) is 35.1 Å². The Hall–Kier alpha value is -0.570. The summed E-state index contributed by atoms with van der Waals surface area (Å²) in [5, 5.41) is 9.01. The first kappa shape index (κ1) is 15.5. The summed E-state index contributed by atoms with van der Waals surface area (Å²) in [5.41, 5.74) is 0. The summed E-state index contributed by atoms with van der Waals surface area (Å²) in [5.74, 6) is 0.933. The molecule has 1 saturated heterocycles. The highest BCUT2D eigenvalue weighted by molar-refractivity contribution is 5.70. The first-order valence-electron chi connectivity index (χ1n) is 7.28. The first-order chi connectivity index (χ1) is 8.31. The molecule has 1 heterocycles. The van der Waals surface area contributed by atoms with Crippen molar-refractivity contribution >= 4 is 5.97 Å². The van der Waals surface area contributed by atoms with Crippen LogP contribution in [0.4, 0.5) is 0 Å². The summed E-state index contributed by atoms with van der Waals surface area (Å²) in [6, 6.07) is 0.641. The highest BCUT2D eigenvalue weighted by Gasteiger charge is 2.38. The molecule has 0 spiro atoms. The number of aliphatic carboxylic acids is 1. The third-order valence-corrected chi connectivity index (χ3v) is 4.04. The van der Waals surface area contributed by atoms with E-state index in [2.05, 4.69) is 32.6 Å². The lowest BCUT2D eigenvalue weighted by molar-refractivity contribution is -0.146. The first-order valence-corrected chi connectivity index (χ1v) is 7.28. The van der Waals surface area contributed by atoms with Crippen LogP contribution in [0.3, 0.4) is 0 Å². The van der Waals surface area contributed by atoms with Crippen molar-refractivity contribution in [3.63, 3.8) is 0 Å². The zero-order valence-corrected chi connectivity index (χ0v) is 12.5. The van der Waals surface area contributed by atoms with Gasteiger partial charge in [-0.15, -0.1) is 0 Å². The van der Waals surface area contributed by atoms with Gasteiger partial charge in [0, 0.05) is 19.1 Å². The molecule has 3 heteroatoms. The third-order valence-electron chi connectivity index (χ3n) is 4.04. The molecule has 1 aliphatic rings. The fraction of sp³-hybridized carbons (Fsp3) is 0.933. The van der Waals surface area contributed by atoms with E-state index in [-0.39, 0.29) is 5.92 Å². The summed E-state index contributed by atoms with van der Waals surface area (Å²) >= 11 is 0. The Balaban J connectivity index is 2.45. The van der Waals surface area contributed by atoms with Gasteiger partial charge in [0.2, 0.25) is 0 Å². The molecular formula is C15H29NO2. The van der Waals surface area contributed by atoms with E-state index in [0.29, 0.717) is 23.8 Å². The van der Waals surface area contributed by atoms with Crippen molar-refractivity contribution in [1.82, 2.24) is 4.90 Å². The van der Waals surface area contributed by atoms with Gasteiger partial charge in [-0.05, 0) is 30.6 Å². The van der Waals surface area contributed by atoms with E-state index in [1.807, 2.05) is 6.92 Å². The molecule has 0 amide bonds. The van der Waals surface area contributed by atoms with Crippen molar-refractivity contribution < 1.29 is 9.90 Å². The highest BCUT2D eigenvalue weighted by Crippen LogP contribution is 2.30. The molecule has 1 aliphatic heterocycles. The van der Waals surface area contributed by atoms with Gasteiger partial charge in [0.1, 0.15) is 0 Å². The van der Waals surface area contributed by atoms with Crippen molar-refractivity contribution in [2.75, 3.05) is 13.1 Å². The molecule has 1 unspecified atom stereocenters. The van der Waals surface area contributed by atoms with Gasteiger partial charge < -0.3 is 5.11 Å². The number of hydrogen-bond acceptors (Lipinski definition) is 2. The minimum absolute atomic E-state index is 0.194. The van der Waals surface area contributed by atoms with E-state index >= 15 is 0 Å². The van der Waals surface area contributed by atoms with E-state index in [4.69, 9.17) is 5.11 Å². The van der Waals surface area contributed by atoms with Crippen LogP contribution in [0.25, 0.3) is 0 Å². The van der Waals surface area contributed by atoms with Crippen LogP contribution < -0.4 is 0 Å². The molecular weight excluding hydrogens is 226 g/mol. The lowest BCUT2D eigenvalue weighted by Crippen LogP contribution is -2.55. The lowest BCUT2D eigenvalue weighted by Gasteiger charge is -2.47. The van der Waals surface area contributed by atoms with E-state index in [9.17, 15) is 4.79 Å². The average Bonchev–Trinajstić information content (AvgIpc) is 2.12. The highest BCUT2D eigenvalue weighted by atomic mass is 16.4. The largest absolute Gasteiger partial charge is 0.481 e. The van der Waals surface area contributed by atoms with E-state index in [1.54, 1.807) is 0 Å². The Labute approximate surface area is 112 Å². The molecule has 0 aromatic rings. The second kappa shape index (κ2) is 6.55. The molecule has 0 aliphatic carbocycles. The molecule has 0 saturated carbocycles. The van der Waals surface area contributed by atoms with E-state index in [1.165, 1.54) is 12.8 Å². The number of likely N-dealkylation sites (tertiary alicyclic amines) is 1. The summed E-state index contributed by atoms with van der Waals surface area (Å²) in [7, 11) is 0. The van der Waals surface area contributed by atoms with Gasteiger partial charge in [-0.25, -0.2) is 0 Å². The van der Waals surface area contributed by atoms with Crippen LogP contribution >= 0.6 is 0 Å². The van der Waals surface area contributed by atoms with Crippen LogP contribution in [-0.2, 0) is 4.79 Å². The maximum atomic E-state index is 10.9. The Kier molecular flexibility index (Phi) is 5.64. The molecule has 18 heavy (non-hydrogen) atoms. The van der Waals surface area contributed by atoms with Gasteiger partial charge in [0.05, 0.1) is 5.92 Å². The summed E-state index contributed by atoms with van der Waals surface area (Å²) in [4.78, 5) is 13.4. The molecule has 1 N–H and O–H groups in total. The molecule has 1 atom stereocenters. The quantitative estimate of drug-likeness (QED) is 0.760. The Morgan fingerprint density at radius 1 is 1.11 bits per heavy atom. The van der Waals surface area contributed by atoms with Gasteiger partial charge in [0.25, 0.3) is 0 Å². The summed E-state index contributed by atoms with van der Waals surface area (Å²) < 4.78 is 0. The number of carboxylic acid groups (broad SMARTS) is 1. The zero-order chi connectivity index (χ0) is 13.9. The summed E-state index contributed by atoms with van der Waals surface area (Å²) in [6.07, 6.45) is 2.46. The van der Waals surface area contributed by atoms with Crippen molar-refractivity contribution in [3.05, 3.63) is 0 Å².